The van der Waals surface area contributed by atoms with Gasteiger partial charge in [0.15, 0.2) is 0 Å². The summed E-state index contributed by atoms with van der Waals surface area (Å²) in [6.07, 6.45) is 10.8. The molecule has 0 N–H and O–H groups in total. The van der Waals surface area contributed by atoms with Gasteiger partial charge in [-0.2, -0.15) is 0 Å². The van der Waals surface area contributed by atoms with E-state index < -0.39 is 0 Å². The lowest BCUT2D eigenvalue weighted by Gasteiger charge is -2.05. The molecule has 0 saturated heterocycles. The highest BCUT2D eigenvalue weighted by Gasteiger charge is 2.30. The molecule has 64 valence electrons. The molecule has 0 aliphatic heterocycles. The monoisotopic (exact) mass is 152 g/mol. The molecular formula is C11H20. The molecule has 2 saturated carbocycles. The highest BCUT2D eigenvalue weighted by atomic mass is 14.4. The minimum atomic E-state index is 1.08. The predicted molar refractivity (Wildman–Crippen MR) is 50.6 cm³/mol. The summed E-state index contributed by atoms with van der Waals surface area (Å²) in [4.78, 5) is 0. The van der Waals surface area contributed by atoms with Crippen LogP contribution in [-0.2, 0) is 0 Å². The normalized spacial score (nSPS) is 32.8. The lowest BCUT2D eigenvalue weighted by Crippen LogP contribution is -1.90. The van der Waals surface area contributed by atoms with Gasteiger partial charge in [-0.1, -0.05) is 38.7 Å². The van der Waals surface area contributed by atoms with Gasteiger partial charge in [-0.25, -0.2) is 0 Å². The molecular weight excluding hydrogens is 132 g/mol. The van der Waals surface area contributed by atoms with Crippen LogP contribution in [0.3, 0.4) is 0 Å². The molecule has 2 bridgehead atoms. The van der Waals surface area contributed by atoms with Gasteiger partial charge < -0.3 is 0 Å². The van der Waals surface area contributed by atoms with Gasteiger partial charge in [0.25, 0.3) is 0 Å². The Kier molecular flexibility index (Phi) is 3.68. The molecule has 2 rings (SSSR count). The molecule has 0 unspecified atom stereocenters. The fraction of sp³-hybridized carbons (Fsp3) is 0.818. The Morgan fingerprint density at radius 2 is 1.55 bits per heavy atom. The van der Waals surface area contributed by atoms with Crippen LogP contribution in [0.2, 0.25) is 0 Å². The smallest absolute Gasteiger partial charge is 0.0382 e. The van der Waals surface area contributed by atoms with E-state index in [1.165, 1.54) is 11.8 Å². The lowest BCUT2D eigenvalue weighted by molar-refractivity contribution is 0.480. The first-order chi connectivity index (χ1) is 5.36. The van der Waals surface area contributed by atoms with Crippen molar-refractivity contribution >= 4 is 0 Å². The summed E-state index contributed by atoms with van der Waals surface area (Å²) in [6, 6.07) is 0. The van der Waals surface area contributed by atoms with E-state index in [0.29, 0.717) is 0 Å². The SMILES string of the molecule is C1CC2CCC1C2.C=CCC. The van der Waals surface area contributed by atoms with Crippen molar-refractivity contribution in [2.24, 2.45) is 11.8 Å². The Hall–Kier alpha value is -0.260. The molecule has 0 spiro atoms. The Bertz CT molecular complexity index is 97.2. The van der Waals surface area contributed by atoms with E-state index in [1.54, 1.807) is 32.1 Å². The van der Waals surface area contributed by atoms with Crippen molar-refractivity contribution in [3.05, 3.63) is 12.7 Å². The second-order valence-electron chi connectivity index (χ2n) is 3.82. The second-order valence-corrected chi connectivity index (χ2v) is 3.82. The maximum Gasteiger partial charge on any atom is -0.0382 e. The van der Waals surface area contributed by atoms with E-state index in [9.17, 15) is 0 Å². The quantitative estimate of drug-likeness (QED) is 0.502. The van der Waals surface area contributed by atoms with Gasteiger partial charge in [0.2, 0.25) is 0 Å². The summed E-state index contributed by atoms with van der Waals surface area (Å²) in [5.74, 6) is 2.34. The van der Waals surface area contributed by atoms with Gasteiger partial charge in [-0.15, -0.1) is 6.58 Å². The molecule has 2 aliphatic carbocycles. The largest absolute Gasteiger partial charge is 0.103 e. The summed E-state index contributed by atoms with van der Waals surface area (Å²) in [5, 5.41) is 0. The highest BCUT2D eigenvalue weighted by Crippen LogP contribution is 2.43. The first-order valence-electron chi connectivity index (χ1n) is 4.97. The van der Waals surface area contributed by atoms with Crippen molar-refractivity contribution in [3.8, 4) is 0 Å². The van der Waals surface area contributed by atoms with Crippen molar-refractivity contribution in [2.45, 2.75) is 45.4 Å². The average molecular weight is 152 g/mol. The fourth-order valence-electron chi connectivity index (χ4n) is 2.17. The number of hydrogen-bond donors (Lipinski definition) is 0. The average Bonchev–Trinajstić information content (AvgIpc) is 2.67. The second kappa shape index (κ2) is 4.58. The Labute approximate surface area is 70.7 Å². The van der Waals surface area contributed by atoms with Crippen molar-refractivity contribution in [3.63, 3.8) is 0 Å². The maximum atomic E-state index is 3.48. The molecule has 0 aromatic carbocycles. The van der Waals surface area contributed by atoms with E-state index in [0.717, 1.165) is 6.42 Å². The molecule has 0 radical (unpaired) electrons. The van der Waals surface area contributed by atoms with Gasteiger partial charge in [-0.3, -0.25) is 0 Å². The van der Waals surface area contributed by atoms with E-state index in [1.807, 2.05) is 6.08 Å². The molecule has 0 aromatic heterocycles. The molecule has 11 heavy (non-hydrogen) atoms. The Balaban J connectivity index is 0.000000134. The van der Waals surface area contributed by atoms with Gasteiger partial charge in [0, 0.05) is 0 Å². The van der Waals surface area contributed by atoms with Gasteiger partial charge in [0.1, 0.15) is 0 Å². The Morgan fingerprint density at radius 3 is 1.64 bits per heavy atom. The van der Waals surface area contributed by atoms with Crippen molar-refractivity contribution in [2.75, 3.05) is 0 Å². The first-order valence-corrected chi connectivity index (χ1v) is 4.97. The summed E-state index contributed by atoms with van der Waals surface area (Å²) < 4.78 is 0. The summed E-state index contributed by atoms with van der Waals surface area (Å²) in [5.41, 5.74) is 0. The van der Waals surface area contributed by atoms with Gasteiger partial charge >= 0.3 is 0 Å². The third-order valence-corrected chi connectivity index (χ3v) is 2.92. The number of allylic oxidation sites excluding steroid dienone is 1. The zero-order valence-corrected chi connectivity index (χ0v) is 7.68. The maximum absolute atomic E-state index is 3.48. The first kappa shape index (κ1) is 8.83. The molecule has 0 aromatic rings. The molecule has 2 fully saturated rings. The molecule has 0 heteroatoms. The van der Waals surface area contributed by atoms with E-state index in [4.69, 9.17) is 0 Å². The molecule has 0 nitrogen and oxygen atoms in total. The molecule has 0 amide bonds. The predicted octanol–water partition coefficient (Wildman–Crippen LogP) is 3.78. The van der Waals surface area contributed by atoms with Crippen LogP contribution in [0.25, 0.3) is 0 Å². The van der Waals surface area contributed by atoms with Crippen molar-refractivity contribution in [1.82, 2.24) is 0 Å². The van der Waals surface area contributed by atoms with Crippen LogP contribution in [0, 0.1) is 11.8 Å². The summed E-state index contributed by atoms with van der Waals surface area (Å²) >= 11 is 0. The van der Waals surface area contributed by atoms with Gasteiger partial charge in [-0.05, 0) is 24.7 Å². The van der Waals surface area contributed by atoms with Crippen molar-refractivity contribution < 1.29 is 0 Å². The summed E-state index contributed by atoms with van der Waals surface area (Å²) in [6.45, 7) is 5.54. The molecule has 0 heterocycles. The fourth-order valence-corrected chi connectivity index (χ4v) is 2.17. The van der Waals surface area contributed by atoms with Crippen molar-refractivity contribution in [1.29, 1.82) is 0 Å². The van der Waals surface area contributed by atoms with Crippen LogP contribution in [-0.4, -0.2) is 0 Å². The highest BCUT2D eigenvalue weighted by molar-refractivity contribution is 4.82. The van der Waals surface area contributed by atoms with E-state index in [-0.39, 0.29) is 0 Å². The van der Waals surface area contributed by atoms with Crippen LogP contribution in [0.4, 0.5) is 0 Å². The minimum absolute atomic E-state index is 1.08. The standard InChI is InChI=1S/C7H12.C4H8/c1-2-7-4-3-6(1)5-7;1-3-4-2/h6-7H,1-5H2;3H,1,4H2,2H3. The van der Waals surface area contributed by atoms with E-state index in [2.05, 4.69) is 13.5 Å². The summed E-state index contributed by atoms with van der Waals surface area (Å²) in [7, 11) is 0. The zero-order valence-electron chi connectivity index (χ0n) is 7.68. The number of fused-ring (bicyclic) bond motifs is 2. The zero-order chi connectivity index (χ0) is 8.10. The van der Waals surface area contributed by atoms with E-state index >= 15 is 0 Å². The van der Waals surface area contributed by atoms with Crippen LogP contribution in [0.5, 0.6) is 0 Å². The minimum Gasteiger partial charge on any atom is -0.103 e. The molecule has 2 aliphatic rings. The Morgan fingerprint density at radius 1 is 1.18 bits per heavy atom. The van der Waals surface area contributed by atoms with Gasteiger partial charge in [0.05, 0.1) is 0 Å². The van der Waals surface area contributed by atoms with Crippen LogP contribution >= 0.6 is 0 Å². The lowest BCUT2D eigenvalue weighted by atomic mass is 10.0. The third kappa shape index (κ3) is 2.69. The molecule has 0 atom stereocenters. The number of hydrogen-bond acceptors (Lipinski definition) is 0. The van der Waals surface area contributed by atoms with Crippen LogP contribution in [0.1, 0.15) is 45.4 Å². The van der Waals surface area contributed by atoms with Crippen LogP contribution < -0.4 is 0 Å². The third-order valence-electron chi connectivity index (χ3n) is 2.92. The van der Waals surface area contributed by atoms with Crippen LogP contribution in [0.15, 0.2) is 12.7 Å². The topological polar surface area (TPSA) is 0 Å². The number of rotatable bonds is 1.